The molecule has 2 rings (SSSR count). The van der Waals surface area contributed by atoms with Crippen molar-refractivity contribution in [1.29, 1.82) is 0 Å². The standard InChI is InChI=1S/C15H20N2O3/c1-15(2,3)19-11-7-10-18-14-17-16-13(20-14)12-8-5-4-6-9-12/h4-6,8-9H,7,10-11H2,1-3H3. The summed E-state index contributed by atoms with van der Waals surface area (Å²) >= 11 is 0. The number of rotatable bonds is 6. The van der Waals surface area contributed by atoms with E-state index < -0.39 is 0 Å². The summed E-state index contributed by atoms with van der Waals surface area (Å²) in [5.41, 5.74) is 0.760. The van der Waals surface area contributed by atoms with Gasteiger partial charge in [-0.05, 0) is 32.9 Å². The molecule has 0 bridgehead atoms. The van der Waals surface area contributed by atoms with Crippen LogP contribution in [0.1, 0.15) is 27.2 Å². The van der Waals surface area contributed by atoms with Crippen molar-refractivity contribution in [2.24, 2.45) is 0 Å². The Hall–Kier alpha value is -1.88. The van der Waals surface area contributed by atoms with Crippen molar-refractivity contribution in [2.75, 3.05) is 13.2 Å². The first-order chi connectivity index (χ1) is 9.54. The van der Waals surface area contributed by atoms with Gasteiger partial charge < -0.3 is 13.9 Å². The van der Waals surface area contributed by atoms with Gasteiger partial charge in [-0.3, -0.25) is 0 Å². The van der Waals surface area contributed by atoms with Gasteiger partial charge in [-0.2, -0.15) is 0 Å². The van der Waals surface area contributed by atoms with E-state index in [2.05, 4.69) is 10.2 Å². The van der Waals surface area contributed by atoms with E-state index in [-0.39, 0.29) is 11.7 Å². The summed E-state index contributed by atoms with van der Waals surface area (Å²) in [6, 6.07) is 9.60. The summed E-state index contributed by atoms with van der Waals surface area (Å²) in [6.45, 7) is 7.21. The highest BCUT2D eigenvalue weighted by atomic mass is 16.6. The minimum atomic E-state index is -0.120. The van der Waals surface area contributed by atoms with Crippen LogP contribution in [0.2, 0.25) is 0 Å². The number of benzene rings is 1. The van der Waals surface area contributed by atoms with E-state index >= 15 is 0 Å². The minimum absolute atomic E-state index is 0.120. The molecule has 0 aliphatic heterocycles. The zero-order valence-electron chi connectivity index (χ0n) is 12.1. The highest BCUT2D eigenvalue weighted by molar-refractivity contribution is 5.51. The Morgan fingerprint density at radius 2 is 1.80 bits per heavy atom. The normalized spacial score (nSPS) is 11.6. The summed E-state index contributed by atoms with van der Waals surface area (Å²) in [4.78, 5) is 0. The second-order valence-corrected chi connectivity index (χ2v) is 5.40. The van der Waals surface area contributed by atoms with Crippen LogP contribution in [0.5, 0.6) is 6.08 Å². The first-order valence-corrected chi connectivity index (χ1v) is 6.70. The van der Waals surface area contributed by atoms with Crippen LogP contribution in [0.15, 0.2) is 34.7 Å². The lowest BCUT2D eigenvalue weighted by Crippen LogP contribution is -2.20. The van der Waals surface area contributed by atoms with Gasteiger partial charge in [0.2, 0.25) is 0 Å². The number of ether oxygens (including phenoxy) is 2. The summed E-state index contributed by atoms with van der Waals surface area (Å²) in [5.74, 6) is 0.464. The molecule has 1 heterocycles. The maximum atomic E-state index is 5.60. The van der Waals surface area contributed by atoms with Crippen molar-refractivity contribution in [3.8, 4) is 17.5 Å². The Morgan fingerprint density at radius 1 is 1.05 bits per heavy atom. The number of nitrogens with zero attached hydrogens (tertiary/aromatic N) is 2. The van der Waals surface area contributed by atoms with Crippen LogP contribution < -0.4 is 4.74 Å². The molecular formula is C15H20N2O3. The van der Waals surface area contributed by atoms with Gasteiger partial charge in [0.15, 0.2) is 0 Å². The molecule has 0 N–H and O–H groups in total. The maximum Gasteiger partial charge on any atom is 0.414 e. The molecule has 0 fully saturated rings. The van der Waals surface area contributed by atoms with Gasteiger partial charge in [0.25, 0.3) is 5.89 Å². The van der Waals surface area contributed by atoms with E-state index in [1.807, 2.05) is 51.1 Å². The van der Waals surface area contributed by atoms with Crippen molar-refractivity contribution in [3.63, 3.8) is 0 Å². The minimum Gasteiger partial charge on any atom is -0.449 e. The smallest absolute Gasteiger partial charge is 0.414 e. The van der Waals surface area contributed by atoms with Gasteiger partial charge in [0, 0.05) is 12.0 Å². The SMILES string of the molecule is CC(C)(C)OCCCOc1nnc(-c2ccccc2)o1. The van der Waals surface area contributed by atoms with E-state index in [9.17, 15) is 0 Å². The maximum absolute atomic E-state index is 5.60. The van der Waals surface area contributed by atoms with E-state index in [1.165, 1.54) is 0 Å². The molecule has 0 saturated heterocycles. The molecule has 2 aromatic rings. The van der Waals surface area contributed by atoms with Crippen LogP contribution in [-0.2, 0) is 4.74 Å². The third-order valence-electron chi connectivity index (χ3n) is 2.48. The lowest BCUT2D eigenvalue weighted by Gasteiger charge is -2.19. The van der Waals surface area contributed by atoms with Crippen LogP contribution in [0.25, 0.3) is 11.5 Å². The zero-order chi connectivity index (χ0) is 14.4. The van der Waals surface area contributed by atoms with Gasteiger partial charge in [0.05, 0.1) is 18.8 Å². The molecule has 20 heavy (non-hydrogen) atoms. The van der Waals surface area contributed by atoms with Crippen LogP contribution in [0, 0.1) is 0 Å². The molecule has 0 unspecified atom stereocenters. The van der Waals surface area contributed by atoms with Crippen molar-refractivity contribution in [2.45, 2.75) is 32.8 Å². The topological polar surface area (TPSA) is 57.4 Å². The third-order valence-corrected chi connectivity index (χ3v) is 2.48. The molecule has 0 saturated carbocycles. The van der Waals surface area contributed by atoms with Crippen molar-refractivity contribution in [1.82, 2.24) is 10.2 Å². The molecule has 108 valence electrons. The van der Waals surface area contributed by atoms with Crippen LogP contribution >= 0.6 is 0 Å². The monoisotopic (exact) mass is 276 g/mol. The van der Waals surface area contributed by atoms with Gasteiger partial charge in [-0.15, -0.1) is 5.10 Å². The summed E-state index contributed by atoms with van der Waals surface area (Å²) in [7, 11) is 0. The summed E-state index contributed by atoms with van der Waals surface area (Å²) < 4.78 is 16.4. The fourth-order valence-corrected chi connectivity index (χ4v) is 1.56. The molecular weight excluding hydrogens is 256 g/mol. The van der Waals surface area contributed by atoms with E-state index in [0.29, 0.717) is 19.1 Å². The van der Waals surface area contributed by atoms with Gasteiger partial charge in [0.1, 0.15) is 0 Å². The van der Waals surface area contributed by atoms with Crippen molar-refractivity contribution in [3.05, 3.63) is 30.3 Å². The third kappa shape index (κ3) is 4.66. The Morgan fingerprint density at radius 3 is 2.50 bits per heavy atom. The lowest BCUT2D eigenvalue weighted by molar-refractivity contribution is -0.00860. The summed E-state index contributed by atoms with van der Waals surface area (Å²) in [5, 5.41) is 7.81. The van der Waals surface area contributed by atoms with Crippen molar-refractivity contribution < 1.29 is 13.9 Å². The first-order valence-electron chi connectivity index (χ1n) is 6.70. The lowest BCUT2D eigenvalue weighted by atomic mass is 10.2. The number of hydrogen-bond acceptors (Lipinski definition) is 5. The van der Waals surface area contributed by atoms with Crippen LogP contribution in [0.3, 0.4) is 0 Å². The Balaban J connectivity index is 1.76. The molecule has 0 amide bonds. The molecule has 0 radical (unpaired) electrons. The average molecular weight is 276 g/mol. The predicted octanol–water partition coefficient (Wildman–Crippen LogP) is 3.32. The largest absolute Gasteiger partial charge is 0.449 e. The first kappa shape index (κ1) is 14.5. The molecule has 0 atom stereocenters. The number of hydrogen-bond donors (Lipinski definition) is 0. The highest BCUT2D eigenvalue weighted by Crippen LogP contribution is 2.20. The zero-order valence-corrected chi connectivity index (χ0v) is 12.1. The number of aromatic nitrogens is 2. The molecule has 5 nitrogen and oxygen atoms in total. The molecule has 0 aliphatic rings. The second kappa shape index (κ2) is 6.52. The van der Waals surface area contributed by atoms with Gasteiger partial charge >= 0.3 is 6.08 Å². The molecule has 1 aromatic carbocycles. The van der Waals surface area contributed by atoms with E-state index in [0.717, 1.165) is 12.0 Å². The van der Waals surface area contributed by atoms with Gasteiger partial charge in [-0.25, -0.2) is 0 Å². The summed E-state index contributed by atoms with van der Waals surface area (Å²) in [6.07, 6.45) is 0.972. The molecule has 0 aliphatic carbocycles. The predicted molar refractivity (Wildman–Crippen MR) is 75.6 cm³/mol. The fourth-order valence-electron chi connectivity index (χ4n) is 1.56. The van der Waals surface area contributed by atoms with E-state index in [4.69, 9.17) is 13.9 Å². The highest BCUT2D eigenvalue weighted by Gasteiger charge is 2.10. The quantitative estimate of drug-likeness (QED) is 0.757. The molecule has 0 spiro atoms. The molecule has 5 heteroatoms. The average Bonchev–Trinajstić information content (AvgIpc) is 2.87. The Bertz CT molecular complexity index is 517. The van der Waals surface area contributed by atoms with E-state index in [1.54, 1.807) is 0 Å². The fraction of sp³-hybridized carbons (Fsp3) is 0.467. The Kier molecular flexibility index (Phi) is 4.74. The van der Waals surface area contributed by atoms with Crippen LogP contribution in [0.4, 0.5) is 0 Å². The van der Waals surface area contributed by atoms with Crippen LogP contribution in [-0.4, -0.2) is 29.0 Å². The second-order valence-electron chi connectivity index (χ2n) is 5.40. The van der Waals surface area contributed by atoms with Crippen molar-refractivity contribution >= 4 is 0 Å². The molecule has 1 aromatic heterocycles. The van der Waals surface area contributed by atoms with Gasteiger partial charge in [-0.1, -0.05) is 23.3 Å². The Labute approximate surface area is 118 Å².